The second kappa shape index (κ2) is 7.46. The molecule has 0 heterocycles. The van der Waals surface area contributed by atoms with Crippen LogP contribution in [-0.2, 0) is 4.74 Å². The zero-order valence-corrected chi connectivity index (χ0v) is 8.62. The van der Waals surface area contributed by atoms with Gasteiger partial charge in [-0.05, 0) is 25.2 Å². The Morgan fingerprint density at radius 2 is 2.25 bits per heavy atom. The van der Waals surface area contributed by atoms with Gasteiger partial charge in [-0.15, -0.1) is 0 Å². The Morgan fingerprint density at radius 1 is 1.58 bits per heavy atom. The topological polar surface area (TPSA) is 47.3 Å². The Labute approximate surface area is 79.7 Å². The lowest BCUT2D eigenvalue weighted by atomic mass is 10.2. The fraction of sp³-hybridized carbons (Fsp3) is 0.875. The fourth-order valence-electron chi connectivity index (χ4n) is 0.901. The summed E-state index contributed by atoms with van der Waals surface area (Å²) >= 11 is 5.07. The van der Waals surface area contributed by atoms with Crippen molar-refractivity contribution in [3.05, 3.63) is 0 Å². The first-order valence-electron chi connectivity index (χ1n) is 4.36. The van der Waals surface area contributed by atoms with Gasteiger partial charge in [0.25, 0.3) is 0 Å². The van der Waals surface area contributed by atoms with Gasteiger partial charge in [0.05, 0.1) is 6.04 Å². The smallest absolute Gasteiger partial charge is 0.176 e. The molecule has 0 radical (unpaired) electrons. The van der Waals surface area contributed by atoms with E-state index in [2.05, 4.69) is 12.2 Å². The van der Waals surface area contributed by atoms with Crippen LogP contribution in [-0.4, -0.2) is 30.8 Å². The van der Waals surface area contributed by atoms with Crippen LogP contribution >= 0.6 is 12.2 Å². The van der Waals surface area contributed by atoms with Crippen LogP contribution in [0.5, 0.6) is 0 Å². The van der Waals surface area contributed by atoms with Crippen LogP contribution in [0.15, 0.2) is 0 Å². The molecule has 0 spiro atoms. The molecule has 1 unspecified atom stereocenters. The lowest BCUT2D eigenvalue weighted by Crippen LogP contribution is -2.36. The van der Waals surface area contributed by atoms with E-state index in [1.54, 1.807) is 0 Å². The molecule has 0 aliphatic heterocycles. The van der Waals surface area contributed by atoms with Crippen molar-refractivity contribution >= 4 is 17.3 Å². The predicted octanol–water partition coefficient (Wildman–Crippen LogP) is 0.677. The van der Waals surface area contributed by atoms with Gasteiger partial charge in [-0.1, -0.05) is 13.8 Å². The molecule has 3 nitrogen and oxygen atoms in total. The number of hydrogen-bond donors (Lipinski definition) is 2. The predicted molar refractivity (Wildman–Crippen MR) is 55.4 cm³/mol. The minimum Gasteiger partial charge on any atom is -0.484 e. The van der Waals surface area contributed by atoms with Gasteiger partial charge < -0.3 is 15.8 Å². The number of ether oxygens (including phenoxy) is 1. The summed E-state index contributed by atoms with van der Waals surface area (Å²) in [5, 5.41) is 3.86. The van der Waals surface area contributed by atoms with Crippen LogP contribution in [0.3, 0.4) is 0 Å². The van der Waals surface area contributed by atoms with Gasteiger partial charge in [0, 0.05) is 6.54 Å². The van der Waals surface area contributed by atoms with Crippen LogP contribution in [0.1, 0.15) is 20.3 Å². The summed E-state index contributed by atoms with van der Waals surface area (Å²) in [4.78, 5) is 0. The summed E-state index contributed by atoms with van der Waals surface area (Å²) in [5.41, 5.74) is 5.29. The SMILES string of the molecule is CCNC(CC)C(=S)OCCN. The first-order chi connectivity index (χ1) is 5.76. The third-order valence-electron chi connectivity index (χ3n) is 1.51. The molecule has 4 heteroatoms. The normalized spacial score (nSPS) is 12.6. The monoisotopic (exact) mass is 190 g/mol. The molecule has 12 heavy (non-hydrogen) atoms. The molecule has 0 saturated carbocycles. The van der Waals surface area contributed by atoms with E-state index in [1.165, 1.54) is 0 Å². The minimum absolute atomic E-state index is 0.191. The summed E-state index contributed by atoms with van der Waals surface area (Å²) in [6, 6.07) is 0.191. The highest BCUT2D eigenvalue weighted by atomic mass is 32.1. The molecule has 0 aliphatic carbocycles. The quantitative estimate of drug-likeness (QED) is 0.605. The number of rotatable bonds is 6. The van der Waals surface area contributed by atoms with Crippen molar-refractivity contribution in [1.82, 2.24) is 5.32 Å². The molecule has 0 aromatic rings. The van der Waals surface area contributed by atoms with Gasteiger partial charge in [-0.3, -0.25) is 0 Å². The van der Waals surface area contributed by atoms with E-state index in [0.717, 1.165) is 13.0 Å². The van der Waals surface area contributed by atoms with Crippen molar-refractivity contribution in [2.24, 2.45) is 5.73 Å². The molecule has 0 aromatic heterocycles. The second-order valence-electron chi connectivity index (χ2n) is 2.47. The molecule has 0 aliphatic rings. The number of likely N-dealkylation sites (N-methyl/N-ethyl adjacent to an activating group) is 1. The van der Waals surface area contributed by atoms with E-state index in [-0.39, 0.29) is 6.04 Å². The van der Waals surface area contributed by atoms with Crippen molar-refractivity contribution in [3.8, 4) is 0 Å². The fourth-order valence-corrected chi connectivity index (χ4v) is 1.23. The van der Waals surface area contributed by atoms with E-state index in [4.69, 9.17) is 22.7 Å². The standard InChI is InChI=1S/C8H18N2OS/c1-3-7(10-4-2)8(12)11-6-5-9/h7,10H,3-6,9H2,1-2H3. The zero-order valence-electron chi connectivity index (χ0n) is 7.80. The molecule has 0 saturated heterocycles. The first-order valence-corrected chi connectivity index (χ1v) is 4.77. The number of nitrogens with two attached hydrogens (primary N) is 1. The molecule has 0 bridgehead atoms. The van der Waals surface area contributed by atoms with Crippen LogP contribution < -0.4 is 11.1 Å². The third-order valence-corrected chi connectivity index (χ3v) is 1.91. The molecule has 72 valence electrons. The summed E-state index contributed by atoms with van der Waals surface area (Å²) in [6.45, 7) is 6.06. The third kappa shape index (κ3) is 4.64. The molecule has 1 atom stereocenters. The lowest BCUT2D eigenvalue weighted by molar-refractivity contribution is 0.302. The van der Waals surface area contributed by atoms with Crippen molar-refractivity contribution in [3.63, 3.8) is 0 Å². The van der Waals surface area contributed by atoms with Crippen molar-refractivity contribution in [1.29, 1.82) is 0 Å². The highest BCUT2D eigenvalue weighted by molar-refractivity contribution is 7.80. The van der Waals surface area contributed by atoms with E-state index >= 15 is 0 Å². The van der Waals surface area contributed by atoms with Gasteiger partial charge in [-0.25, -0.2) is 0 Å². The number of hydrogen-bond acceptors (Lipinski definition) is 4. The van der Waals surface area contributed by atoms with E-state index < -0.39 is 0 Å². The van der Waals surface area contributed by atoms with E-state index in [0.29, 0.717) is 18.2 Å². The van der Waals surface area contributed by atoms with Crippen LogP contribution in [0.25, 0.3) is 0 Å². The molecule has 0 fully saturated rings. The highest BCUT2D eigenvalue weighted by Gasteiger charge is 2.10. The molecule has 0 rings (SSSR count). The largest absolute Gasteiger partial charge is 0.484 e. The van der Waals surface area contributed by atoms with Crippen molar-refractivity contribution < 1.29 is 4.74 Å². The average Bonchev–Trinajstić information content (AvgIpc) is 2.10. The minimum atomic E-state index is 0.191. The van der Waals surface area contributed by atoms with Gasteiger partial charge in [0.1, 0.15) is 6.61 Å². The van der Waals surface area contributed by atoms with Crippen molar-refractivity contribution in [2.75, 3.05) is 19.7 Å². The van der Waals surface area contributed by atoms with Crippen LogP contribution in [0.2, 0.25) is 0 Å². The van der Waals surface area contributed by atoms with Crippen molar-refractivity contribution in [2.45, 2.75) is 26.3 Å². The number of nitrogens with one attached hydrogen (secondary N) is 1. The van der Waals surface area contributed by atoms with Gasteiger partial charge in [0.15, 0.2) is 5.05 Å². The molecule has 3 N–H and O–H groups in total. The number of thiocarbonyl (C=S) groups is 1. The second-order valence-corrected chi connectivity index (χ2v) is 2.88. The highest BCUT2D eigenvalue weighted by Crippen LogP contribution is 1.96. The van der Waals surface area contributed by atoms with Crippen LogP contribution in [0.4, 0.5) is 0 Å². The average molecular weight is 190 g/mol. The summed E-state index contributed by atoms with van der Waals surface area (Å²) in [5.74, 6) is 0. The van der Waals surface area contributed by atoms with Crippen LogP contribution in [0, 0.1) is 0 Å². The Hall–Kier alpha value is -0.190. The van der Waals surface area contributed by atoms with Gasteiger partial charge in [0.2, 0.25) is 0 Å². The van der Waals surface area contributed by atoms with Gasteiger partial charge >= 0.3 is 0 Å². The maximum atomic E-state index is 5.29. The summed E-state index contributed by atoms with van der Waals surface area (Å²) in [6.07, 6.45) is 0.956. The maximum Gasteiger partial charge on any atom is 0.176 e. The Balaban J connectivity index is 3.69. The first kappa shape index (κ1) is 11.8. The molecule has 0 amide bonds. The lowest BCUT2D eigenvalue weighted by Gasteiger charge is -2.16. The Morgan fingerprint density at radius 3 is 2.67 bits per heavy atom. The Kier molecular flexibility index (Phi) is 7.34. The summed E-state index contributed by atoms with van der Waals surface area (Å²) in [7, 11) is 0. The van der Waals surface area contributed by atoms with Gasteiger partial charge in [-0.2, -0.15) is 0 Å². The summed E-state index contributed by atoms with van der Waals surface area (Å²) < 4.78 is 5.24. The molecular weight excluding hydrogens is 172 g/mol. The van der Waals surface area contributed by atoms with E-state index in [1.807, 2.05) is 6.92 Å². The Bertz CT molecular complexity index is 130. The maximum absolute atomic E-state index is 5.29. The van der Waals surface area contributed by atoms with E-state index in [9.17, 15) is 0 Å². The molecular formula is C8H18N2OS. The zero-order chi connectivity index (χ0) is 9.40. The molecule has 0 aromatic carbocycles.